The van der Waals surface area contributed by atoms with E-state index in [-0.39, 0.29) is 10.3 Å². The number of aromatic nitrogens is 1. The molecule has 23 heavy (non-hydrogen) atoms. The number of fused-ring (bicyclic) bond motifs is 1. The molecule has 0 spiro atoms. The lowest BCUT2D eigenvalue weighted by Gasteiger charge is -2.23. The van der Waals surface area contributed by atoms with E-state index >= 15 is 0 Å². The summed E-state index contributed by atoms with van der Waals surface area (Å²) in [4.78, 5) is 4.13. The molecule has 1 heterocycles. The van der Waals surface area contributed by atoms with Crippen molar-refractivity contribution < 1.29 is 12.8 Å². The van der Waals surface area contributed by atoms with Gasteiger partial charge in [-0.15, -0.1) is 0 Å². The lowest BCUT2D eigenvalue weighted by Crippen LogP contribution is -2.19. The molecule has 2 aromatic carbocycles. The summed E-state index contributed by atoms with van der Waals surface area (Å²) in [5, 5.41) is 0. The van der Waals surface area contributed by atoms with Crippen LogP contribution in [-0.4, -0.2) is 13.4 Å². The van der Waals surface area contributed by atoms with E-state index in [2.05, 4.69) is 9.71 Å². The fraction of sp³-hybridized carbons (Fsp3) is 0.235. The number of para-hydroxylation sites is 1. The molecule has 0 unspecified atom stereocenters. The van der Waals surface area contributed by atoms with Gasteiger partial charge in [-0.1, -0.05) is 39.0 Å². The molecule has 0 atom stereocenters. The van der Waals surface area contributed by atoms with Gasteiger partial charge in [0.2, 0.25) is 0 Å². The Balaban J connectivity index is 2.02. The molecule has 0 saturated heterocycles. The second-order valence-electron chi connectivity index (χ2n) is 6.38. The zero-order chi connectivity index (χ0) is 16.7. The van der Waals surface area contributed by atoms with Crippen molar-refractivity contribution in [1.29, 1.82) is 0 Å². The van der Waals surface area contributed by atoms with Crippen molar-refractivity contribution in [3.63, 3.8) is 0 Å². The van der Waals surface area contributed by atoms with Crippen LogP contribution in [0.25, 0.3) is 11.1 Å². The second kappa shape index (κ2) is 5.38. The molecule has 1 aromatic heterocycles. The van der Waals surface area contributed by atoms with Gasteiger partial charge in [-0.25, -0.2) is 13.4 Å². The van der Waals surface area contributed by atoms with Crippen molar-refractivity contribution in [1.82, 2.24) is 4.98 Å². The monoisotopic (exact) mass is 330 g/mol. The molecule has 0 amide bonds. The third kappa shape index (κ3) is 3.07. The molecule has 0 aliphatic rings. The minimum atomic E-state index is -3.70. The Hall–Kier alpha value is -2.34. The predicted molar refractivity (Wildman–Crippen MR) is 90.0 cm³/mol. The zero-order valence-corrected chi connectivity index (χ0v) is 14.0. The lowest BCUT2D eigenvalue weighted by atomic mass is 9.86. The maximum atomic E-state index is 12.7. The minimum absolute atomic E-state index is 0.144. The first-order chi connectivity index (χ1) is 10.8. The van der Waals surface area contributed by atoms with E-state index in [4.69, 9.17) is 4.42 Å². The third-order valence-corrected chi connectivity index (χ3v) is 4.96. The number of sulfonamides is 1. The fourth-order valence-electron chi connectivity index (χ4n) is 2.43. The van der Waals surface area contributed by atoms with Gasteiger partial charge in [-0.3, -0.25) is 4.72 Å². The normalized spacial score (nSPS) is 12.5. The Labute approximate surface area is 135 Å². The quantitative estimate of drug-likeness (QED) is 0.790. The summed E-state index contributed by atoms with van der Waals surface area (Å²) in [6.07, 6.45) is 1.30. The molecule has 120 valence electrons. The fourth-order valence-corrected chi connectivity index (χ4v) is 3.53. The Morgan fingerprint density at radius 1 is 1.09 bits per heavy atom. The topological polar surface area (TPSA) is 72.2 Å². The van der Waals surface area contributed by atoms with Crippen LogP contribution >= 0.6 is 0 Å². The molecule has 1 N–H and O–H groups in total. The van der Waals surface area contributed by atoms with Crippen LogP contribution in [0.4, 0.5) is 5.69 Å². The molecule has 0 aliphatic heterocycles. The Kier molecular flexibility index (Phi) is 3.64. The van der Waals surface area contributed by atoms with Gasteiger partial charge in [-0.05, 0) is 29.2 Å². The van der Waals surface area contributed by atoms with Crippen molar-refractivity contribution >= 4 is 26.8 Å². The first-order valence-corrected chi connectivity index (χ1v) is 8.71. The number of hydrogen-bond acceptors (Lipinski definition) is 4. The van der Waals surface area contributed by atoms with E-state index in [9.17, 15) is 8.42 Å². The van der Waals surface area contributed by atoms with Gasteiger partial charge in [0.1, 0.15) is 5.52 Å². The van der Waals surface area contributed by atoms with Crippen LogP contribution in [0.3, 0.4) is 0 Å². The van der Waals surface area contributed by atoms with Gasteiger partial charge in [0.15, 0.2) is 12.0 Å². The van der Waals surface area contributed by atoms with Crippen molar-refractivity contribution in [2.24, 2.45) is 0 Å². The average molecular weight is 330 g/mol. The maximum Gasteiger partial charge on any atom is 0.262 e. The van der Waals surface area contributed by atoms with E-state index in [0.29, 0.717) is 16.8 Å². The summed E-state index contributed by atoms with van der Waals surface area (Å²) >= 11 is 0. The van der Waals surface area contributed by atoms with Crippen LogP contribution in [0.2, 0.25) is 0 Å². The Bertz CT molecular complexity index is 953. The van der Waals surface area contributed by atoms with E-state index < -0.39 is 10.0 Å². The molecule has 0 saturated carbocycles. The summed E-state index contributed by atoms with van der Waals surface area (Å²) in [6, 6.07) is 12.0. The van der Waals surface area contributed by atoms with Gasteiger partial charge in [0.25, 0.3) is 10.0 Å². The molecule has 3 rings (SSSR count). The molecule has 0 aliphatic carbocycles. The highest BCUT2D eigenvalue weighted by atomic mass is 32.2. The number of hydrogen-bond donors (Lipinski definition) is 1. The van der Waals surface area contributed by atoms with Crippen LogP contribution in [-0.2, 0) is 15.4 Å². The van der Waals surface area contributed by atoms with Crippen molar-refractivity contribution in [3.05, 3.63) is 54.4 Å². The van der Waals surface area contributed by atoms with Crippen molar-refractivity contribution in [2.75, 3.05) is 4.72 Å². The lowest BCUT2D eigenvalue weighted by molar-refractivity contribution is 0.589. The summed E-state index contributed by atoms with van der Waals surface area (Å²) in [5.41, 5.74) is 2.41. The first kappa shape index (κ1) is 15.6. The SMILES string of the molecule is CC(C)(C)c1ccccc1NS(=O)(=O)c1ccc2ncoc2c1. The van der Waals surface area contributed by atoms with Crippen molar-refractivity contribution in [3.8, 4) is 0 Å². The van der Waals surface area contributed by atoms with Crippen LogP contribution in [0, 0.1) is 0 Å². The van der Waals surface area contributed by atoms with Crippen LogP contribution in [0.15, 0.2) is 58.2 Å². The molecule has 0 radical (unpaired) electrons. The van der Waals surface area contributed by atoms with E-state index in [0.717, 1.165) is 5.56 Å². The molecular weight excluding hydrogens is 312 g/mol. The van der Waals surface area contributed by atoms with Gasteiger partial charge >= 0.3 is 0 Å². The average Bonchev–Trinajstić information content (AvgIpc) is 2.93. The van der Waals surface area contributed by atoms with E-state index in [1.54, 1.807) is 12.1 Å². The minimum Gasteiger partial charge on any atom is -0.443 e. The molecule has 3 aromatic rings. The number of nitrogens with one attached hydrogen (secondary N) is 1. The summed E-state index contributed by atoms with van der Waals surface area (Å²) in [6.45, 7) is 6.13. The first-order valence-electron chi connectivity index (χ1n) is 7.23. The van der Waals surface area contributed by atoms with Crippen molar-refractivity contribution in [2.45, 2.75) is 31.1 Å². The van der Waals surface area contributed by atoms with Gasteiger partial charge in [-0.2, -0.15) is 0 Å². The third-order valence-electron chi connectivity index (χ3n) is 3.59. The van der Waals surface area contributed by atoms with E-state index in [1.807, 2.05) is 39.0 Å². The molecular formula is C17H18N2O3S. The highest BCUT2D eigenvalue weighted by Gasteiger charge is 2.22. The largest absolute Gasteiger partial charge is 0.443 e. The number of nitrogens with zero attached hydrogens (tertiary/aromatic N) is 1. The highest BCUT2D eigenvalue weighted by Crippen LogP contribution is 2.31. The number of rotatable bonds is 3. The molecule has 0 bridgehead atoms. The van der Waals surface area contributed by atoms with Gasteiger partial charge in [0.05, 0.1) is 10.6 Å². The standard InChI is InChI=1S/C17H18N2O3S/c1-17(2,3)13-6-4-5-7-14(13)19-23(20,21)12-8-9-15-16(10-12)22-11-18-15/h4-11,19H,1-3H3. The second-order valence-corrected chi connectivity index (χ2v) is 8.07. The zero-order valence-electron chi connectivity index (χ0n) is 13.2. The van der Waals surface area contributed by atoms with E-state index in [1.165, 1.54) is 18.5 Å². The molecule has 0 fully saturated rings. The Morgan fingerprint density at radius 3 is 2.57 bits per heavy atom. The molecule has 5 nitrogen and oxygen atoms in total. The maximum absolute atomic E-state index is 12.7. The predicted octanol–water partition coefficient (Wildman–Crippen LogP) is 3.93. The highest BCUT2D eigenvalue weighted by molar-refractivity contribution is 7.92. The van der Waals surface area contributed by atoms with Gasteiger partial charge < -0.3 is 4.42 Å². The van der Waals surface area contributed by atoms with Crippen LogP contribution in [0.5, 0.6) is 0 Å². The Morgan fingerprint density at radius 2 is 1.83 bits per heavy atom. The number of benzene rings is 2. The summed E-state index contributed by atoms with van der Waals surface area (Å²) < 4.78 is 33.2. The number of anilines is 1. The smallest absolute Gasteiger partial charge is 0.262 e. The van der Waals surface area contributed by atoms with Crippen LogP contribution in [0.1, 0.15) is 26.3 Å². The summed E-state index contributed by atoms with van der Waals surface area (Å²) in [7, 11) is -3.70. The van der Waals surface area contributed by atoms with Gasteiger partial charge in [0, 0.05) is 6.07 Å². The molecule has 6 heteroatoms. The van der Waals surface area contributed by atoms with Crippen LogP contribution < -0.4 is 4.72 Å². The number of oxazole rings is 1. The summed E-state index contributed by atoms with van der Waals surface area (Å²) in [5.74, 6) is 0.